The zero-order valence-corrected chi connectivity index (χ0v) is 17.6. The first-order chi connectivity index (χ1) is 13.9. The number of nitrogens with zero attached hydrogens (tertiary/aromatic N) is 2. The molecule has 0 spiro atoms. The van der Waals surface area contributed by atoms with Gasteiger partial charge >= 0.3 is 5.97 Å². The summed E-state index contributed by atoms with van der Waals surface area (Å²) < 4.78 is 13.6. The van der Waals surface area contributed by atoms with E-state index >= 15 is 0 Å². The monoisotopic (exact) mass is 400 g/mol. The number of aromatic nitrogens is 2. The molecule has 1 N–H and O–H groups in total. The third-order valence-electron chi connectivity index (χ3n) is 5.14. The fraction of sp³-hybridized carbons (Fsp3) is 0.565. The largest absolute Gasteiger partial charge is 0.493 e. The predicted octanol–water partition coefficient (Wildman–Crippen LogP) is 4.40. The summed E-state index contributed by atoms with van der Waals surface area (Å²) in [4.78, 5) is 11.0. The van der Waals surface area contributed by atoms with E-state index in [1.165, 1.54) is 19.3 Å². The smallest absolute Gasteiger partial charge is 0.306 e. The maximum Gasteiger partial charge on any atom is 0.306 e. The van der Waals surface area contributed by atoms with Crippen LogP contribution in [-0.4, -0.2) is 33.6 Å². The van der Waals surface area contributed by atoms with Gasteiger partial charge < -0.3 is 14.6 Å². The quantitative estimate of drug-likeness (QED) is 0.711. The first-order valence-electron chi connectivity index (χ1n) is 10.5. The SMILES string of the molecule is C1CC1.Cc1cc(OC2CC(COc3cccc(CC(C)C(=O)O)c3)C2)n(C)n1. The van der Waals surface area contributed by atoms with Gasteiger partial charge in [0.2, 0.25) is 5.88 Å². The Morgan fingerprint density at radius 3 is 2.59 bits per heavy atom. The highest BCUT2D eigenvalue weighted by Gasteiger charge is 2.32. The summed E-state index contributed by atoms with van der Waals surface area (Å²) in [5, 5.41) is 13.3. The number of rotatable bonds is 8. The number of aryl methyl sites for hydroxylation is 2. The number of benzene rings is 1. The second-order valence-corrected chi connectivity index (χ2v) is 8.29. The summed E-state index contributed by atoms with van der Waals surface area (Å²) in [6.07, 6.45) is 7.18. The standard InChI is InChI=1S/C20H26N2O4.C3H6/c1-13(20(23)24)7-15-5-4-6-17(9-15)25-12-16-10-18(11-16)26-19-8-14(2)21-22(19)3;1-2-3-1/h4-6,8-9,13,16,18H,7,10-12H2,1-3H3,(H,23,24);1-3H2. The molecular weight excluding hydrogens is 368 g/mol. The van der Waals surface area contributed by atoms with E-state index in [4.69, 9.17) is 14.6 Å². The lowest BCUT2D eigenvalue weighted by Crippen LogP contribution is -2.37. The third-order valence-corrected chi connectivity index (χ3v) is 5.14. The molecule has 158 valence electrons. The molecule has 1 heterocycles. The number of carbonyl (C=O) groups is 1. The van der Waals surface area contributed by atoms with Crippen molar-refractivity contribution >= 4 is 5.97 Å². The summed E-state index contributed by atoms with van der Waals surface area (Å²) in [5.41, 5.74) is 1.94. The van der Waals surface area contributed by atoms with E-state index in [2.05, 4.69) is 5.10 Å². The molecule has 2 fully saturated rings. The van der Waals surface area contributed by atoms with Crippen LogP contribution >= 0.6 is 0 Å². The van der Waals surface area contributed by atoms with Crippen molar-refractivity contribution in [3.8, 4) is 11.6 Å². The molecule has 2 saturated carbocycles. The fourth-order valence-corrected chi connectivity index (χ4v) is 3.19. The first-order valence-corrected chi connectivity index (χ1v) is 10.5. The number of carboxylic acids is 1. The van der Waals surface area contributed by atoms with E-state index in [9.17, 15) is 4.79 Å². The molecule has 6 heteroatoms. The van der Waals surface area contributed by atoms with Crippen molar-refractivity contribution in [1.82, 2.24) is 9.78 Å². The van der Waals surface area contributed by atoms with E-state index in [0.717, 1.165) is 35.7 Å². The predicted molar refractivity (Wildman–Crippen MR) is 111 cm³/mol. The van der Waals surface area contributed by atoms with Crippen LogP contribution in [0, 0.1) is 18.8 Å². The molecule has 1 unspecified atom stereocenters. The lowest BCUT2D eigenvalue weighted by molar-refractivity contribution is -0.141. The van der Waals surface area contributed by atoms with Crippen LogP contribution in [0.25, 0.3) is 0 Å². The molecule has 2 aromatic rings. The van der Waals surface area contributed by atoms with Gasteiger partial charge in [0.15, 0.2) is 0 Å². The molecule has 0 radical (unpaired) electrons. The average molecular weight is 401 g/mol. The Morgan fingerprint density at radius 1 is 1.28 bits per heavy atom. The number of carboxylic acid groups (broad SMARTS) is 1. The molecule has 2 aliphatic rings. The normalized spacial score (nSPS) is 20.7. The minimum Gasteiger partial charge on any atom is -0.493 e. The molecule has 1 atom stereocenters. The highest BCUT2D eigenvalue weighted by Crippen LogP contribution is 2.32. The van der Waals surface area contributed by atoms with Gasteiger partial charge in [0.1, 0.15) is 11.9 Å². The van der Waals surface area contributed by atoms with Gasteiger partial charge in [-0.25, -0.2) is 4.68 Å². The molecule has 0 aliphatic heterocycles. The molecule has 4 rings (SSSR count). The van der Waals surface area contributed by atoms with Crippen LogP contribution in [0.1, 0.15) is 50.3 Å². The zero-order chi connectivity index (χ0) is 20.8. The molecule has 1 aromatic heterocycles. The van der Waals surface area contributed by atoms with Crippen molar-refractivity contribution in [2.45, 2.75) is 58.5 Å². The van der Waals surface area contributed by atoms with Crippen molar-refractivity contribution in [1.29, 1.82) is 0 Å². The van der Waals surface area contributed by atoms with Gasteiger partial charge in [-0.05, 0) is 49.8 Å². The Hall–Kier alpha value is -2.50. The van der Waals surface area contributed by atoms with Crippen molar-refractivity contribution in [3.63, 3.8) is 0 Å². The van der Waals surface area contributed by atoms with Crippen molar-refractivity contribution in [3.05, 3.63) is 41.6 Å². The Kier molecular flexibility index (Phi) is 7.18. The van der Waals surface area contributed by atoms with Crippen LogP contribution in [0.3, 0.4) is 0 Å². The molecule has 0 amide bonds. The summed E-state index contributed by atoms with van der Waals surface area (Å²) in [7, 11) is 1.89. The minimum atomic E-state index is -0.777. The van der Waals surface area contributed by atoms with E-state index in [1.54, 1.807) is 11.6 Å². The van der Waals surface area contributed by atoms with E-state index in [1.807, 2.05) is 44.3 Å². The van der Waals surface area contributed by atoms with Crippen LogP contribution in [0.15, 0.2) is 30.3 Å². The number of ether oxygens (including phenoxy) is 2. The minimum absolute atomic E-state index is 0.223. The molecule has 6 nitrogen and oxygen atoms in total. The highest BCUT2D eigenvalue weighted by atomic mass is 16.5. The van der Waals surface area contributed by atoms with Gasteiger partial charge in [-0.3, -0.25) is 4.79 Å². The molecule has 0 saturated heterocycles. The molecule has 0 bridgehead atoms. The Labute approximate surface area is 172 Å². The van der Waals surface area contributed by atoms with E-state index in [-0.39, 0.29) is 6.10 Å². The van der Waals surface area contributed by atoms with Crippen LogP contribution in [-0.2, 0) is 18.3 Å². The Morgan fingerprint density at radius 2 is 2.00 bits per heavy atom. The van der Waals surface area contributed by atoms with Gasteiger partial charge in [-0.15, -0.1) is 0 Å². The molecular formula is C23H32N2O4. The maximum absolute atomic E-state index is 11.0. The summed E-state index contributed by atoms with van der Waals surface area (Å²) >= 11 is 0. The molecule has 2 aliphatic carbocycles. The fourth-order valence-electron chi connectivity index (χ4n) is 3.19. The number of hydrogen-bond acceptors (Lipinski definition) is 4. The highest BCUT2D eigenvalue weighted by molar-refractivity contribution is 5.69. The maximum atomic E-state index is 11.0. The topological polar surface area (TPSA) is 73.6 Å². The van der Waals surface area contributed by atoms with Crippen molar-refractivity contribution in [2.24, 2.45) is 18.9 Å². The van der Waals surface area contributed by atoms with Gasteiger partial charge in [0, 0.05) is 13.1 Å². The van der Waals surface area contributed by atoms with Crippen molar-refractivity contribution < 1.29 is 19.4 Å². The summed E-state index contributed by atoms with van der Waals surface area (Å²) in [6, 6.07) is 9.66. The van der Waals surface area contributed by atoms with E-state index in [0.29, 0.717) is 18.9 Å². The van der Waals surface area contributed by atoms with Gasteiger partial charge in [-0.2, -0.15) is 5.10 Å². The second kappa shape index (κ2) is 9.81. The summed E-state index contributed by atoms with van der Waals surface area (Å²) in [5.74, 6) is 0.917. The lowest BCUT2D eigenvalue weighted by Gasteiger charge is -2.34. The van der Waals surface area contributed by atoms with Crippen molar-refractivity contribution in [2.75, 3.05) is 6.61 Å². The van der Waals surface area contributed by atoms with E-state index < -0.39 is 11.9 Å². The van der Waals surface area contributed by atoms with Crippen LogP contribution in [0.4, 0.5) is 0 Å². The van der Waals surface area contributed by atoms with Gasteiger partial charge in [0.05, 0.1) is 18.2 Å². The van der Waals surface area contributed by atoms with Gasteiger partial charge in [0.25, 0.3) is 0 Å². The van der Waals surface area contributed by atoms with Crippen LogP contribution in [0.2, 0.25) is 0 Å². The average Bonchev–Trinajstić information content (AvgIpc) is 3.48. The Balaban J connectivity index is 0.000000732. The van der Waals surface area contributed by atoms with Gasteiger partial charge in [-0.1, -0.05) is 38.3 Å². The third kappa shape index (κ3) is 6.80. The summed E-state index contributed by atoms with van der Waals surface area (Å²) in [6.45, 7) is 4.33. The number of hydrogen-bond donors (Lipinski definition) is 1. The number of aliphatic carboxylic acids is 1. The zero-order valence-electron chi connectivity index (χ0n) is 17.6. The van der Waals surface area contributed by atoms with Crippen LogP contribution < -0.4 is 9.47 Å². The lowest BCUT2D eigenvalue weighted by atomic mass is 9.83. The first kappa shape index (κ1) is 21.2. The Bertz CT molecular complexity index is 806. The van der Waals surface area contributed by atoms with Crippen LogP contribution in [0.5, 0.6) is 11.6 Å². The molecule has 1 aromatic carbocycles. The molecule has 29 heavy (non-hydrogen) atoms. The second-order valence-electron chi connectivity index (χ2n) is 8.29.